The van der Waals surface area contributed by atoms with Crippen LogP contribution in [-0.4, -0.2) is 87.8 Å². The normalized spacial score (nSPS) is 14.5. The van der Waals surface area contributed by atoms with E-state index >= 15 is 0 Å². The lowest BCUT2D eigenvalue weighted by Gasteiger charge is -2.32. The van der Waals surface area contributed by atoms with Crippen LogP contribution < -0.4 is 16.1 Å². The number of carboxylic acids is 1. The summed E-state index contributed by atoms with van der Waals surface area (Å²) >= 11 is 0.777. The van der Waals surface area contributed by atoms with Crippen LogP contribution in [0.4, 0.5) is 23.8 Å². The van der Waals surface area contributed by atoms with Gasteiger partial charge in [0.25, 0.3) is 0 Å². The highest BCUT2D eigenvalue weighted by atomic mass is 32.1. The Morgan fingerprint density at radius 3 is 2.51 bits per heavy atom. The molecule has 1 aliphatic heterocycles. The fourth-order valence-corrected chi connectivity index (χ4v) is 5.94. The number of carboxylic acid groups (broad SMARTS) is 1. The van der Waals surface area contributed by atoms with E-state index in [9.17, 15) is 32.7 Å². The molecule has 4 aromatic rings. The van der Waals surface area contributed by atoms with Crippen molar-refractivity contribution in [2.24, 2.45) is 0 Å². The van der Waals surface area contributed by atoms with Gasteiger partial charge >= 0.3 is 18.2 Å². The van der Waals surface area contributed by atoms with Crippen LogP contribution in [0.1, 0.15) is 29.4 Å². The number of piperazine rings is 1. The summed E-state index contributed by atoms with van der Waals surface area (Å²) in [5.41, 5.74) is -0.580. The van der Waals surface area contributed by atoms with E-state index in [0.29, 0.717) is 42.7 Å². The molecular weight excluding hydrogens is 611 g/mol. The summed E-state index contributed by atoms with van der Waals surface area (Å²) in [6, 6.07) is 5.82. The topological polar surface area (TPSA) is 133 Å². The number of amides is 2. The number of aromatic carboxylic acids is 1. The van der Waals surface area contributed by atoms with Gasteiger partial charge in [0.2, 0.25) is 5.43 Å². The van der Waals surface area contributed by atoms with E-state index in [1.165, 1.54) is 24.5 Å². The number of nitrogens with zero attached hydrogens (tertiary/aromatic N) is 5. The number of carbonyl (C=O) groups excluding carboxylic acids is 1. The summed E-state index contributed by atoms with van der Waals surface area (Å²) in [4.78, 5) is 50.3. The predicted molar refractivity (Wildman–Crippen MR) is 166 cm³/mol. The maximum Gasteiger partial charge on any atom is 0.434 e. The number of fused-ring (bicyclic) bond motifs is 1. The number of pyridine rings is 2. The summed E-state index contributed by atoms with van der Waals surface area (Å²) in [5.74, 6) is -1.27. The molecule has 0 saturated carbocycles. The maximum atomic E-state index is 13.4. The number of anilines is 1. The van der Waals surface area contributed by atoms with Crippen LogP contribution in [0.3, 0.4) is 0 Å². The van der Waals surface area contributed by atoms with Crippen molar-refractivity contribution in [2.45, 2.75) is 26.1 Å². The van der Waals surface area contributed by atoms with Crippen molar-refractivity contribution >= 4 is 40.1 Å². The van der Waals surface area contributed by atoms with Crippen LogP contribution in [0.5, 0.6) is 0 Å². The molecule has 0 radical (unpaired) electrons. The number of carbonyl (C=O) groups is 2. The second-order valence-electron chi connectivity index (χ2n) is 10.8. The summed E-state index contributed by atoms with van der Waals surface area (Å²) in [7, 11) is 2.06. The van der Waals surface area contributed by atoms with E-state index < -0.39 is 29.3 Å². The molecular formula is C30H32F3N7O4S. The van der Waals surface area contributed by atoms with Gasteiger partial charge in [0.1, 0.15) is 16.4 Å². The molecule has 45 heavy (non-hydrogen) atoms. The van der Waals surface area contributed by atoms with E-state index in [0.717, 1.165) is 42.9 Å². The van der Waals surface area contributed by atoms with Gasteiger partial charge in [-0.3, -0.25) is 15.0 Å². The Balaban J connectivity index is 1.58. The highest BCUT2D eigenvalue weighted by Gasteiger charge is 2.34. The zero-order chi connectivity index (χ0) is 32.3. The van der Waals surface area contributed by atoms with Gasteiger partial charge in [0.15, 0.2) is 5.69 Å². The zero-order valence-corrected chi connectivity index (χ0v) is 25.5. The summed E-state index contributed by atoms with van der Waals surface area (Å²) < 4.78 is 42.1. The number of nitrogens with one attached hydrogen (secondary N) is 2. The van der Waals surface area contributed by atoms with Gasteiger partial charge in [-0.25, -0.2) is 19.6 Å². The number of alkyl halides is 3. The van der Waals surface area contributed by atoms with Crippen LogP contribution in [0, 0.1) is 0 Å². The first-order chi connectivity index (χ1) is 21.4. The highest BCUT2D eigenvalue weighted by molar-refractivity contribution is 7.13. The third-order valence-electron chi connectivity index (χ3n) is 7.58. The van der Waals surface area contributed by atoms with Crippen LogP contribution in [0.25, 0.3) is 32.6 Å². The van der Waals surface area contributed by atoms with E-state index in [4.69, 9.17) is 0 Å². The summed E-state index contributed by atoms with van der Waals surface area (Å²) in [6.07, 6.45) is -1.22. The summed E-state index contributed by atoms with van der Waals surface area (Å²) in [5, 5.41) is 16.1. The fourth-order valence-electron chi connectivity index (χ4n) is 5.08. The molecule has 0 unspecified atom stereocenters. The largest absolute Gasteiger partial charge is 0.477 e. The van der Waals surface area contributed by atoms with E-state index in [2.05, 4.69) is 37.4 Å². The minimum absolute atomic E-state index is 0.0284. The van der Waals surface area contributed by atoms with Gasteiger partial charge in [-0.1, -0.05) is 13.0 Å². The Bertz CT molecular complexity index is 1780. The lowest BCUT2D eigenvalue weighted by atomic mass is 9.99. The molecule has 5 rings (SSSR count). The van der Waals surface area contributed by atoms with E-state index in [1.54, 1.807) is 16.7 Å². The van der Waals surface area contributed by atoms with Crippen molar-refractivity contribution in [1.29, 1.82) is 0 Å². The molecule has 0 spiro atoms. The second-order valence-corrected chi connectivity index (χ2v) is 11.6. The fraction of sp³-hybridized carbons (Fsp3) is 0.367. The van der Waals surface area contributed by atoms with Gasteiger partial charge in [0, 0.05) is 80.1 Å². The Morgan fingerprint density at radius 1 is 1.09 bits per heavy atom. The third-order valence-corrected chi connectivity index (χ3v) is 8.46. The number of likely N-dealkylation sites (N-methyl/N-ethyl adjacent to an activating group) is 1. The molecule has 1 aromatic carbocycles. The Kier molecular flexibility index (Phi) is 9.51. The number of benzene rings is 1. The molecule has 4 heterocycles. The van der Waals surface area contributed by atoms with Crippen molar-refractivity contribution < 1.29 is 27.9 Å². The van der Waals surface area contributed by atoms with Crippen molar-refractivity contribution in [3.63, 3.8) is 0 Å². The Morgan fingerprint density at radius 2 is 1.84 bits per heavy atom. The summed E-state index contributed by atoms with van der Waals surface area (Å²) in [6.45, 7) is 7.01. The van der Waals surface area contributed by atoms with Gasteiger partial charge in [-0.2, -0.15) is 13.2 Å². The lowest BCUT2D eigenvalue weighted by molar-refractivity contribution is -0.140. The zero-order valence-electron chi connectivity index (χ0n) is 24.6. The number of hydrogen-bond acceptors (Lipinski definition) is 8. The predicted octanol–water partition coefficient (Wildman–Crippen LogP) is 4.68. The standard InChI is InChI=1S/C30H32F3N7O4S/c1-3-6-34-29(44)37-25-14-19(27-36-24(17-45-27)30(31,32)33)21(15-35-25)18-4-5-23-20(13-18)26(41)22(28(42)43)16-40(23)12-11-39-9-7-38(2)8-10-39/h4-5,13-17H,3,6-12H2,1-2H3,(H,42,43)(H2,34,35,37,44). The molecule has 1 saturated heterocycles. The van der Waals surface area contributed by atoms with Gasteiger partial charge in [-0.15, -0.1) is 11.3 Å². The SMILES string of the molecule is CCCNC(=O)Nc1cc(-c2nc(C(F)(F)F)cs2)c(-c2ccc3c(c2)c(=O)c(C(=O)O)cn3CCN2CCN(C)CC2)cn1. The van der Waals surface area contributed by atoms with Crippen LogP contribution in [0.15, 0.2) is 46.8 Å². The molecule has 3 aromatic heterocycles. The van der Waals surface area contributed by atoms with Gasteiger partial charge in [0.05, 0.1) is 5.52 Å². The van der Waals surface area contributed by atoms with Gasteiger partial charge in [-0.05, 0) is 37.2 Å². The highest BCUT2D eigenvalue weighted by Crippen LogP contribution is 2.39. The minimum Gasteiger partial charge on any atom is -0.477 e. The molecule has 2 amide bonds. The quantitative estimate of drug-likeness (QED) is 0.240. The Labute approximate surface area is 260 Å². The molecule has 0 aliphatic carbocycles. The average Bonchev–Trinajstić information content (AvgIpc) is 3.52. The van der Waals surface area contributed by atoms with Gasteiger partial charge < -0.3 is 19.9 Å². The monoisotopic (exact) mass is 643 g/mol. The van der Waals surface area contributed by atoms with Crippen LogP contribution >= 0.6 is 11.3 Å². The first-order valence-electron chi connectivity index (χ1n) is 14.3. The molecule has 238 valence electrons. The first-order valence-corrected chi connectivity index (χ1v) is 15.2. The smallest absolute Gasteiger partial charge is 0.434 e. The molecule has 15 heteroatoms. The number of hydrogen-bond donors (Lipinski definition) is 3. The molecule has 0 atom stereocenters. The van der Waals surface area contributed by atoms with Crippen LogP contribution in [-0.2, 0) is 12.7 Å². The first kappa shape index (κ1) is 32.1. The van der Waals surface area contributed by atoms with E-state index in [-0.39, 0.29) is 27.3 Å². The average molecular weight is 644 g/mol. The molecule has 3 N–H and O–H groups in total. The van der Waals surface area contributed by atoms with E-state index in [1.807, 2.05) is 6.92 Å². The number of aromatic nitrogens is 3. The number of urea groups is 1. The maximum absolute atomic E-state index is 13.4. The van der Waals surface area contributed by atoms with Crippen molar-refractivity contribution in [1.82, 2.24) is 29.7 Å². The van der Waals surface area contributed by atoms with Crippen molar-refractivity contribution in [2.75, 3.05) is 51.6 Å². The third kappa shape index (κ3) is 7.32. The Hall–Kier alpha value is -4.34. The van der Waals surface area contributed by atoms with Crippen molar-refractivity contribution in [3.05, 3.63) is 63.5 Å². The molecule has 1 fully saturated rings. The van der Waals surface area contributed by atoms with Crippen LogP contribution in [0.2, 0.25) is 0 Å². The number of rotatable bonds is 9. The minimum atomic E-state index is -4.66. The molecule has 1 aliphatic rings. The van der Waals surface area contributed by atoms with Crippen molar-refractivity contribution in [3.8, 4) is 21.7 Å². The lowest BCUT2D eigenvalue weighted by Crippen LogP contribution is -2.45. The number of thiazole rings is 1. The molecule has 11 nitrogen and oxygen atoms in total. The second kappa shape index (κ2) is 13.3. The molecule has 0 bridgehead atoms. The number of halogens is 3.